The fourth-order valence-electron chi connectivity index (χ4n) is 6.86. The number of cyclic esters (lactones) is 1. The van der Waals surface area contributed by atoms with Crippen LogP contribution in [-0.2, 0) is 23.9 Å². The minimum absolute atomic E-state index is 0.126. The van der Waals surface area contributed by atoms with Gasteiger partial charge in [0.1, 0.15) is 28.9 Å². The van der Waals surface area contributed by atoms with Crippen molar-refractivity contribution in [1.82, 2.24) is 4.90 Å². The third-order valence-corrected chi connectivity index (χ3v) is 8.82. The first-order valence-corrected chi connectivity index (χ1v) is 14.5. The molecule has 2 saturated heterocycles. The summed E-state index contributed by atoms with van der Waals surface area (Å²) in [5.74, 6) is -1.97. The number of nitrogens with zero attached hydrogens (tertiary/aromatic N) is 2. The van der Waals surface area contributed by atoms with E-state index in [4.69, 9.17) is 19.3 Å². The number of aliphatic hydroxyl groups is 1. The quantitative estimate of drug-likeness (QED) is 0.284. The normalized spacial score (nSPS) is 32.4. The maximum Gasteiger partial charge on any atom is 0.313 e. The van der Waals surface area contributed by atoms with Gasteiger partial charge in [0.15, 0.2) is 0 Å². The Bertz CT molecular complexity index is 1160. The van der Waals surface area contributed by atoms with Crippen LogP contribution in [0.15, 0.2) is 48.6 Å². The average molecular weight is 553 g/mol. The molecule has 2 amide bonds. The lowest BCUT2D eigenvalue weighted by atomic mass is 9.73. The molecule has 4 aliphatic heterocycles. The molecule has 5 atom stereocenters. The fraction of sp³-hybridized carbons (Fsp3) is 0.581. The summed E-state index contributed by atoms with van der Waals surface area (Å²) in [7, 11) is 1.59. The maximum absolute atomic E-state index is 14.5. The van der Waals surface area contributed by atoms with Crippen LogP contribution in [0, 0.1) is 11.8 Å². The van der Waals surface area contributed by atoms with Crippen LogP contribution in [-0.4, -0.2) is 78.4 Å². The first kappa shape index (κ1) is 28.4. The van der Waals surface area contributed by atoms with E-state index in [1.807, 2.05) is 43.4 Å². The van der Waals surface area contributed by atoms with E-state index in [0.717, 1.165) is 19.3 Å². The highest BCUT2D eigenvalue weighted by molar-refractivity contribution is 6.05. The van der Waals surface area contributed by atoms with Crippen molar-refractivity contribution in [2.45, 2.75) is 69.1 Å². The van der Waals surface area contributed by atoms with E-state index >= 15 is 0 Å². The number of carbonyl (C=O) groups excluding carboxylic acids is 3. The number of likely N-dealkylation sites (tertiary alicyclic amines) is 1. The number of hydrogen-bond acceptors (Lipinski definition) is 7. The molecular formula is C31H40N2O7. The number of benzene rings is 1. The van der Waals surface area contributed by atoms with Crippen LogP contribution in [0.25, 0.3) is 0 Å². The number of aliphatic hydroxyl groups excluding tert-OH is 1. The van der Waals surface area contributed by atoms with Crippen LogP contribution >= 0.6 is 0 Å². The Balaban J connectivity index is 1.58. The summed E-state index contributed by atoms with van der Waals surface area (Å²) in [5.41, 5.74) is -1.66. The molecule has 1 N–H and O–H groups in total. The summed E-state index contributed by atoms with van der Waals surface area (Å²) < 4.78 is 17.9. The second-order valence-electron chi connectivity index (χ2n) is 11.1. The van der Waals surface area contributed by atoms with Crippen molar-refractivity contribution in [3.05, 3.63) is 48.6 Å². The van der Waals surface area contributed by atoms with Crippen molar-refractivity contribution in [3.8, 4) is 5.75 Å². The summed E-state index contributed by atoms with van der Waals surface area (Å²) in [4.78, 5) is 45.8. The summed E-state index contributed by atoms with van der Waals surface area (Å²) in [6.07, 6.45) is 12.6. The third-order valence-electron chi connectivity index (χ3n) is 8.82. The maximum atomic E-state index is 14.5. The summed E-state index contributed by atoms with van der Waals surface area (Å²) in [6, 6.07) is 6.34. The molecule has 0 radical (unpaired) electrons. The molecule has 40 heavy (non-hydrogen) atoms. The van der Waals surface area contributed by atoms with Crippen molar-refractivity contribution in [2.24, 2.45) is 11.8 Å². The molecule has 5 rings (SSSR count). The third kappa shape index (κ3) is 4.73. The zero-order valence-electron chi connectivity index (χ0n) is 23.4. The van der Waals surface area contributed by atoms with Gasteiger partial charge >= 0.3 is 5.97 Å². The molecule has 0 bridgehead atoms. The Morgan fingerprint density at radius 3 is 2.50 bits per heavy atom. The predicted octanol–water partition coefficient (Wildman–Crippen LogP) is 3.40. The number of esters is 1. The van der Waals surface area contributed by atoms with Gasteiger partial charge in [-0.05, 0) is 56.4 Å². The van der Waals surface area contributed by atoms with Crippen molar-refractivity contribution in [2.75, 3.05) is 38.3 Å². The molecule has 1 aromatic rings. The smallest absolute Gasteiger partial charge is 0.313 e. The number of amides is 2. The number of allylic oxidation sites excluding steroid dienone is 1. The summed E-state index contributed by atoms with van der Waals surface area (Å²) in [5, 5.41) is 9.17. The SMILES string of the molecule is CC[C@]12/C=C\CCCOC(=O)[C@H]1[C@H]1C(=O)N(CCCCCCO)C3C(=O)N(c4ccc(OC)cc4)CC=C[C@@]31O2. The minimum atomic E-state index is -1.30. The molecule has 9 nitrogen and oxygen atoms in total. The molecular weight excluding hydrogens is 512 g/mol. The number of anilines is 1. The topological polar surface area (TPSA) is 106 Å². The highest BCUT2D eigenvalue weighted by atomic mass is 16.6. The molecule has 1 aromatic carbocycles. The van der Waals surface area contributed by atoms with Gasteiger partial charge in [-0.25, -0.2) is 0 Å². The second-order valence-corrected chi connectivity index (χ2v) is 11.1. The number of rotatable bonds is 9. The van der Waals surface area contributed by atoms with Crippen molar-refractivity contribution < 1.29 is 33.7 Å². The second kappa shape index (κ2) is 11.7. The first-order chi connectivity index (χ1) is 19.4. The van der Waals surface area contributed by atoms with Crippen molar-refractivity contribution in [1.29, 1.82) is 0 Å². The largest absolute Gasteiger partial charge is 0.497 e. The van der Waals surface area contributed by atoms with Gasteiger partial charge in [-0.15, -0.1) is 0 Å². The lowest BCUT2D eigenvalue weighted by molar-refractivity contribution is -0.159. The fourth-order valence-corrected chi connectivity index (χ4v) is 6.86. The lowest BCUT2D eigenvalue weighted by Crippen LogP contribution is -2.56. The van der Waals surface area contributed by atoms with Crippen molar-refractivity contribution in [3.63, 3.8) is 0 Å². The van der Waals surface area contributed by atoms with Gasteiger partial charge in [0, 0.05) is 25.4 Å². The van der Waals surface area contributed by atoms with Crippen LogP contribution in [0.4, 0.5) is 5.69 Å². The van der Waals surface area contributed by atoms with Crippen LogP contribution in [0.3, 0.4) is 0 Å². The Kier molecular flexibility index (Phi) is 8.33. The zero-order chi connectivity index (χ0) is 28.3. The average Bonchev–Trinajstić information content (AvgIpc) is 3.34. The van der Waals surface area contributed by atoms with E-state index < -0.39 is 35.0 Å². The molecule has 4 heterocycles. The van der Waals surface area contributed by atoms with E-state index in [1.54, 1.807) is 29.0 Å². The van der Waals surface area contributed by atoms with Crippen LogP contribution in [0.5, 0.6) is 5.75 Å². The van der Waals surface area contributed by atoms with Crippen molar-refractivity contribution >= 4 is 23.5 Å². The Hall–Kier alpha value is -3.17. The molecule has 216 valence electrons. The highest BCUT2D eigenvalue weighted by Gasteiger charge is 2.75. The number of fused-ring (bicyclic) bond motifs is 2. The summed E-state index contributed by atoms with van der Waals surface area (Å²) >= 11 is 0. The van der Waals surface area contributed by atoms with E-state index in [2.05, 4.69) is 0 Å². The number of unbranched alkanes of at least 4 members (excludes halogenated alkanes) is 3. The molecule has 1 unspecified atom stereocenters. The van der Waals surface area contributed by atoms with Crippen LogP contribution in [0.1, 0.15) is 51.9 Å². The summed E-state index contributed by atoms with van der Waals surface area (Å²) in [6.45, 7) is 3.03. The van der Waals surface area contributed by atoms with E-state index in [0.29, 0.717) is 50.2 Å². The highest BCUT2D eigenvalue weighted by Crippen LogP contribution is 2.58. The van der Waals surface area contributed by atoms with E-state index in [1.165, 1.54) is 0 Å². The van der Waals surface area contributed by atoms with Gasteiger partial charge in [0.25, 0.3) is 5.91 Å². The Morgan fingerprint density at radius 1 is 1.00 bits per heavy atom. The Labute approximate surface area is 235 Å². The molecule has 2 fully saturated rings. The van der Waals surface area contributed by atoms with Gasteiger partial charge in [0.2, 0.25) is 5.91 Å². The van der Waals surface area contributed by atoms with Gasteiger partial charge in [-0.1, -0.05) is 44.1 Å². The molecule has 1 spiro atoms. The van der Waals surface area contributed by atoms with E-state index in [-0.39, 0.29) is 25.0 Å². The predicted molar refractivity (Wildman–Crippen MR) is 149 cm³/mol. The number of carbonyl (C=O) groups is 3. The molecule has 0 aliphatic carbocycles. The van der Waals surface area contributed by atoms with Gasteiger partial charge in [-0.2, -0.15) is 0 Å². The standard InChI is InChI=1S/C31H40N2O7/c1-3-30-16-7-6-10-21-39-29(37)25(30)24-27(35)33(18-8-4-5-9-20-34)26-28(36)32(19-11-17-31(24,26)40-30)22-12-14-23(38-2)15-13-22/h7,11-17,24-26,34H,3-6,8-10,18-21H2,1-2H3/b16-7-/t24-,25+,26?,30-,31-/m0/s1. The molecule has 0 aromatic heterocycles. The molecule has 9 heteroatoms. The minimum Gasteiger partial charge on any atom is -0.497 e. The first-order valence-electron chi connectivity index (χ1n) is 14.5. The molecule has 0 saturated carbocycles. The van der Waals surface area contributed by atoms with Gasteiger partial charge < -0.3 is 29.1 Å². The van der Waals surface area contributed by atoms with E-state index in [9.17, 15) is 14.4 Å². The number of hydrogen-bond donors (Lipinski definition) is 1. The van der Waals surface area contributed by atoms with Gasteiger partial charge in [-0.3, -0.25) is 14.4 Å². The van der Waals surface area contributed by atoms with Crippen LogP contribution in [0.2, 0.25) is 0 Å². The zero-order valence-corrected chi connectivity index (χ0v) is 23.4. The number of methoxy groups -OCH3 is 1. The lowest BCUT2D eigenvalue weighted by Gasteiger charge is -2.38. The Morgan fingerprint density at radius 2 is 1.77 bits per heavy atom. The number of ether oxygens (including phenoxy) is 3. The molecule has 4 aliphatic rings. The van der Waals surface area contributed by atoms with Crippen LogP contribution < -0.4 is 9.64 Å². The monoisotopic (exact) mass is 552 g/mol. The van der Waals surface area contributed by atoms with Gasteiger partial charge in [0.05, 0.1) is 19.6 Å².